The van der Waals surface area contributed by atoms with E-state index in [0.717, 1.165) is 23.0 Å². The zero-order valence-corrected chi connectivity index (χ0v) is 37.7. The van der Waals surface area contributed by atoms with Crippen molar-refractivity contribution < 1.29 is 59.9 Å². The van der Waals surface area contributed by atoms with Gasteiger partial charge in [-0.3, -0.25) is 12.2 Å². The van der Waals surface area contributed by atoms with Crippen molar-refractivity contribution in [2.24, 2.45) is 0 Å². The predicted octanol–water partition coefficient (Wildman–Crippen LogP) is 5.53. The van der Waals surface area contributed by atoms with Gasteiger partial charge in [-0.05, 0) is 61.1 Å². The molecule has 4 aromatic carbocycles. The summed E-state index contributed by atoms with van der Waals surface area (Å²) in [5.41, 5.74) is 10.2. The van der Waals surface area contributed by atoms with Crippen molar-refractivity contribution in [3.05, 3.63) is 167 Å². The van der Waals surface area contributed by atoms with Gasteiger partial charge in [0, 0.05) is 0 Å². The van der Waals surface area contributed by atoms with Crippen molar-refractivity contribution in [2.75, 3.05) is 0 Å². The number of benzene rings is 4. The van der Waals surface area contributed by atoms with Crippen LogP contribution in [0.2, 0.25) is 39.3 Å². The van der Waals surface area contributed by atoms with Gasteiger partial charge in [0.25, 0.3) is 0 Å². The first-order chi connectivity index (χ1) is 23.9. The van der Waals surface area contributed by atoms with Crippen molar-refractivity contribution in [2.45, 2.75) is 65.0 Å². The molecule has 2 aliphatic rings. The summed E-state index contributed by atoms with van der Waals surface area (Å²) >= 11 is 0. The number of furan rings is 2. The summed E-state index contributed by atoms with van der Waals surface area (Å²) in [5, 5.41) is 2.99. The van der Waals surface area contributed by atoms with Crippen LogP contribution in [-0.4, -0.2) is 16.1 Å². The number of aryl methyl sites for hydroxylation is 2. The smallest absolute Gasteiger partial charge is 1.00 e. The normalized spacial score (nSPS) is 15.3. The number of rotatable bonds is 6. The van der Waals surface area contributed by atoms with Crippen LogP contribution in [0.4, 0.5) is 0 Å². The second-order valence-electron chi connectivity index (χ2n) is 15.7. The molecule has 2 nitrogen and oxygen atoms in total. The number of hydrogen-bond acceptors (Lipinski definition) is 2. The van der Waals surface area contributed by atoms with E-state index in [4.69, 9.17) is 8.83 Å². The van der Waals surface area contributed by atoms with Crippen molar-refractivity contribution >= 4 is 38.7 Å². The standard InChI is InChI=1S/2C23H23OSi.2ClH.Zr/c2*1-16-8-15-23(24-16)22-14-13-21-19(6-5-7-20(21)22)17-9-11-18(12-10-17)25(2,3)4;;;/h2*5-13,15,22H,1-4H3;2*1H;/q2*-1;;;+4/p-2. The molecular formula is C46H46Cl2O2Si2Zr. The maximum absolute atomic E-state index is 5.85. The maximum Gasteiger partial charge on any atom is 4.00 e. The minimum absolute atomic E-state index is 0. The van der Waals surface area contributed by atoms with Crippen molar-refractivity contribution in [1.29, 1.82) is 0 Å². The minimum Gasteiger partial charge on any atom is -1.00 e. The molecule has 0 bridgehead atoms. The van der Waals surface area contributed by atoms with Gasteiger partial charge in [-0.1, -0.05) is 146 Å². The van der Waals surface area contributed by atoms with Gasteiger partial charge in [0.1, 0.15) is 11.5 Å². The summed E-state index contributed by atoms with van der Waals surface area (Å²) in [7, 11) is -2.53. The Balaban J connectivity index is 0.000000224. The van der Waals surface area contributed by atoms with E-state index in [2.05, 4.69) is 161 Å². The Hall–Kier alpha value is -3.18. The Labute approximate surface area is 349 Å². The van der Waals surface area contributed by atoms with Gasteiger partial charge < -0.3 is 33.6 Å². The van der Waals surface area contributed by atoms with Gasteiger partial charge >= 0.3 is 26.2 Å². The van der Waals surface area contributed by atoms with Gasteiger partial charge in [0.15, 0.2) is 0 Å². The van der Waals surface area contributed by atoms with Crippen LogP contribution in [0.1, 0.15) is 57.1 Å². The molecule has 0 aliphatic heterocycles. The van der Waals surface area contributed by atoms with Gasteiger partial charge in [0.2, 0.25) is 0 Å². The van der Waals surface area contributed by atoms with Crippen LogP contribution in [0.25, 0.3) is 34.4 Å². The van der Waals surface area contributed by atoms with Crippen LogP contribution >= 0.6 is 0 Å². The largest absolute Gasteiger partial charge is 4.00 e. The molecule has 53 heavy (non-hydrogen) atoms. The zero-order valence-electron chi connectivity index (χ0n) is 31.8. The average molecular weight is 849 g/mol. The number of fused-ring (bicyclic) bond motifs is 2. The Morgan fingerprint density at radius 2 is 0.830 bits per heavy atom. The monoisotopic (exact) mass is 846 g/mol. The van der Waals surface area contributed by atoms with E-state index in [1.54, 1.807) is 0 Å². The Kier molecular flexibility index (Phi) is 13.7. The molecule has 0 saturated carbocycles. The minimum atomic E-state index is -1.26. The van der Waals surface area contributed by atoms with E-state index in [-0.39, 0.29) is 62.9 Å². The molecule has 0 fully saturated rings. The molecule has 0 spiro atoms. The van der Waals surface area contributed by atoms with E-state index < -0.39 is 16.1 Å². The SMILES string of the molecule is Cc1ccc(C2[C-]=Cc3c(-c4ccc([Si](C)(C)C)cc4)cccc32)o1.Cc1ccc(C2[C-]=Cc3c(-c4ccc([Si](C)(C)C)cc4)cccc32)o1.[Cl-].[Cl-].[Zr+4]. The molecule has 7 heteroatoms. The van der Waals surface area contributed by atoms with E-state index in [1.165, 1.54) is 54.9 Å². The molecule has 0 saturated heterocycles. The van der Waals surface area contributed by atoms with E-state index in [1.807, 2.05) is 26.0 Å². The van der Waals surface area contributed by atoms with E-state index in [9.17, 15) is 0 Å². The summed E-state index contributed by atoms with van der Waals surface area (Å²) < 4.78 is 11.7. The molecule has 2 aliphatic carbocycles. The third kappa shape index (κ3) is 9.04. The topological polar surface area (TPSA) is 26.3 Å². The Morgan fingerprint density at radius 1 is 0.472 bits per heavy atom. The molecule has 0 amide bonds. The van der Waals surface area contributed by atoms with Crippen LogP contribution in [0.5, 0.6) is 0 Å². The molecule has 2 unspecified atom stereocenters. The van der Waals surface area contributed by atoms with Crippen molar-refractivity contribution in [3.63, 3.8) is 0 Å². The fraction of sp³-hybridized carbons (Fsp3) is 0.217. The summed E-state index contributed by atoms with van der Waals surface area (Å²) in [6.45, 7) is 18.3. The van der Waals surface area contributed by atoms with Crippen LogP contribution in [-0.2, 0) is 26.2 Å². The number of hydrogen-bond donors (Lipinski definition) is 0. The third-order valence-electron chi connectivity index (χ3n) is 9.91. The maximum atomic E-state index is 5.85. The first kappa shape index (κ1) is 42.6. The fourth-order valence-electron chi connectivity index (χ4n) is 7.00. The fourth-order valence-corrected chi connectivity index (χ4v) is 9.33. The average Bonchev–Trinajstić information content (AvgIpc) is 3.90. The molecular weight excluding hydrogens is 803 g/mol. The summed E-state index contributed by atoms with van der Waals surface area (Å²) in [6, 6.07) is 39.5. The Morgan fingerprint density at radius 3 is 1.13 bits per heavy atom. The molecule has 2 aromatic heterocycles. The molecule has 0 radical (unpaired) electrons. The third-order valence-corrected chi connectivity index (χ3v) is 14.0. The number of halogens is 2. The van der Waals surface area contributed by atoms with E-state index in [0.29, 0.717) is 0 Å². The van der Waals surface area contributed by atoms with Gasteiger partial charge in [-0.15, -0.1) is 11.1 Å². The van der Waals surface area contributed by atoms with Crippen molar-refractivity contribution in [3.8, 4) is 22.3 Å². The molecule has 8 rings (SSSR count). The quantitative estimate of drug-likeness (QED) is 0.163. The van der Waals surface area contributed by atoms with Crippen molar-refractivity contribution in [1.82, 2.24) is 0 Å². The van der Waals surface area contributed by atoms with Gasteiger partial charge in [0.05, 0.1) is 27.7 Å². The van der Waals surface area contributed by atoms with Gasteiger partial charge in [-0.25, -0.2) is 12.2 Å². The first-order valence-corrected chi connectivity index (χ1v) is 24.7. The van der Waals surface area contributed by atoms with Crippen LogP contribution in [0, 0.1) is 26.0 Å². The summed E-state index contributed by atoms with van der Waals surface area (Å²) in [6.07, 6.45) is 11.2. The first-order valence-electron chi connectivity index (χ1n) is 17.7. The van der Waals surface area contributed by atoms with Crippen LogP contribution in [0.3, 0.4) is 0 Å². The molecule has 268 valence electrons. The van der Waals surface area contributed by atoms with Crippen LogP contribution in [0.15, 0.2) is 118 Å². The Bertz CT molecular complexity index is 2060. The molecule has 0 N–H and O–H groups in total. The zero-order chi connectivity index (χ0) is 35.2. The second-order valence-corrected chi connectivity index (χ2v) is 25.8. The van der Waals surface area contributed by atoms with E-state index >= 15 is 0 Å². The molecule has 2 atom stereocenters. The van der Waals surface area contributed by atoms with Gasteiger partial charge in [-0.2, -0.15) is 11.1 Å². The predicted molar refractivity (Wildman–Crippen MR) is 216 cm³/mol. The summed E-state index contributed by atoms with van der Waals surface area (Å²) in [5.74, 6) is 4.04. The molecule has 2 heterocycles. The summed E-state index contributed by atoms with van der Waals surface area (Å²) in [4.78, 5) is 0. The number of allylic oxidation sites excluding steroid dienone is 2. The van der Waals surface area contributed by atoms with Crippen LogP contribution < -0.4 is 35.2 Å². The molecule has 6 aromatic rings. The second kappa shape index (κ2) is 17.1.